The number of halogens is 1. The molecule has 2 unspecified atom stereocenters. The van der Waals surface area contributed by atoms with E-state index in [0.29, 0.717) is 43.9 Å². The van der Waals surface area contributed by atoms with Gasteiger partial charge in [0.1, 0.15) is 18.2 Å². The Morgan fingerprint density at radius 3 is 2.30 bits per heavy atom. The third kappa shape index (κ3) is 10.0. The minimum absolute atomic E-state index is 0.0647. The van der Waals surface area contributed by atoms with E-state index in [0.717, 1.165) is 75.3 Å². The Labute approximate surface area is 295 Å². The minimum atomic E-state index is -0.380. The smallest absolute Gasteiger partial charge is 0.258 e. The zero-order valence-corrected chi connectivity index (χ0v) is 28.8. The molecule has 0 N–H and O–H groups in total. The number of amides is 2. The zero-order chi connectivity index (χ0) is 34.5. The zero-order valence-electron chi connectivity index (χ0n) is 28.8. The van der Waals surface area contributed by atoms with Crippen LogP contribution in [0.4, 0.5) is 10.1 Å². The fraction of sp³-hybridized carbons (Fsp3) is 0.381. The Bertz CT molecular complexity index is 1650. The quantitative estimate of drug-likeness (QED) is 0.139. The summed E-state index contributed by atoms with van der Waals surface area (Å²) in [6.07, 6.45) is 4.80. The molecule has 1 saturated heterocycles. The molecule has 6 rings (SSSR count). The lowest BCUT2D eigenvalue weighted by atomic mass is 9.84. The molecule has 2 amide bonds. The molecule has 7 nitrogen and oxygen atoms in total. The number of aryl methyl sites for hydroxylation is 1. The second-order valence-electron chi connectivity index (χ2n) is 13.4. The van der Waals surface area contributed by atoms with E-state index in [1.165, 1.54) is 12.1 Å². The van der Waals surface area contributed by atoms with E-state index >= 15 is 0 Å². The first-order chi connectivity index (χ1) is 24.5. The van der Waals surface area contributed by atoms with Gasteiger partial charge in [0, 0.05) is 62.5 Å². The summed E-state index contributed by atoms with van der Waals surface area (Å²) in [6.45, 7) is 5.66. The van der Waals surface area contributed by atoms with Crippen LogP contribution in [0.2, 0.25) is 0 Å². The van der Waals surface area contributed by atoms with Crippen LogP contribution in [0.3, 0.4) is 0 Å². The van der Waals surface area contributed by atoms with Crippen LogP contribution < -0.4 is 9.64 Å². The lowest BCUT2D eigenvalue weighted by molar-refractivity contribution is -0.135. The van der Waals surface area contributed by atoms with Crippen molar-refractivity contribution in [2.45, 2.75) is 51.1 Å². The average Bonchev–Trinajstić information content (AvgIpc) is 3.16. The summed E-state index contributed by atoms with van der Waals surface area (Å²) >= 11 is 0. The highest BCUT2D eigenvalue weighted by Crippen LogP contribution is 2.33. The Hall–Kier alpha value is -4.53. The number of benzene rings is 4. The van der Waals surface area contributed by atoms with Gasteiger partial charge >= 0.3 is 0 Å². The number of ether oxygens (including phenoxy) is 2. The Morgan fingerprint density at radius 1 is 0.840 bits per heavy atom. The van der Waals surface area contributed by atoms with Gasteiger partial charge in [-0.15, -0.1) is 0 Å². The molecule has 2 atom stereocenters. The van der Waals surface area contributed by atoms with Crippen LogP contribution >= 0.6 is 0 Å². The van der Waals surface area contributed by atoms with Gasteiger partial charge < -0.3 is 19.3 Å². The number of carbonyl (C=O) groups is 2. The first kappa shape index (κ1) is 35.3. The Kier molecular flexibility index (Phi) is 12.7. The second-order valence-corrected chi connectivity index (χ2v) is 13.4. The minimum Gasteiger partial charge on any atom is -0.492 e. The van der Waals surface area contributed by atoms with Gasteiger partial charge in [0.25, 0.3) is 5.91 Å². The van der Waals surface area contributed by atoms with Crippen molar-refractivity contribution >= 4 is 17.5 Å². The summed E-state index contributed by atoms with van der Waals surface area (Å²) < 4.78 is 25.5. The van der Waals surface area contributed by atoms with Crippen molar-refractivity contribution in [3.8, 4) is 5.75 Å². The van der Waals surface area contributed by atoms with Crippen LogP contribution in [-0.4, -0.2) is 73.7 Å². The molecule has 4 aromatic carbocycles. The highest BCUT2D eigenvalue weighted by molar-refractivity contribution is 6.06. The van der Waals surface area contributed by atoms with Crippen LogP contribution in [0.15, 0.2) is 109 Å². The van der Waals surface area contributed by atoms with Crippen LogP contribution in [0.1, 0.15) is 53.6 Å². The number of carbonyl (C=O) groups excluding carboxylic acids is 2. The molecule has 0 radical (unpaired) electrons. The monoisotopic (exact) mass is 677 g/mol. The summed E-state index contributed by atoms with van der Waals surface area (Å²) in [7, 11) is 0. The van der Waals surface area contributed by atoms with Crippen molar-refractivity contribution in [1.29, 1.82) is 0 Å². The van der Waals surface area contributed by atoms with E-state index in [2.05, 4.69) is 34.1 Å². The second kappa shape index (κ2) is 17.9. The van der Waals surface area contributed by atoms with E-state index in [1.807, 2.05) is 65.6 Å². The maximum absolute atomic E-state index is 14.1. The number of rotatable bonds is 14. The first-order valence-electron chi connectivity index (χ1n) is 18.0. The molecule has 0 bridgehead atoms. The van der Waals surface area contributed by atoms with Crippen molar-refractivity contribution in [3.05, 3.63) is 132 Å². The number of hydrogen-bond acceptors (Lipinski definition) is 5. The molecule has 0 spiro atoms. The first-order valence-corrected chi connectivity index (χ1v) is 18.0. The summed E-state index contributed by atoms with van der Waals surface area (Å²) in [4.78, 5) is 34.3. The van der Waals surface area contributed by atoms with Gasteiger partial charge in [0.2, 0.25) is 5.91 Å². The summed E-state index contributed by atoms with van der Waals surface area (Å²) in [5.74, 6) is 0.466. The molecule has 50 heavy (non-hydrogen) atoms. The highest BCUT2D eigenvalue weighted by Gasteiger charge is 2.32. The van der Waals surface area contributed by atoms with Gasteiger partial charge in [0.05, 0.1) is 13.2 Å². The van der Waals surface area contributed by atoms with Crippen LogP contribution in [0.5, 0.6) is 5.75 Å². The predicted molar refractivity (Wildman–Crippen MR) is 195 cm³/mol. The highest BCUT2D eigenvalue weighted by atomic mass is 19.1. The lowest BCUT2D eigenvalue weighted by Crippen LogP contribution is -2.45. The van der Waals surface area contributed by atoms with Gasteiger partial charge in [-0.05, 0) is 79.1 Å². The van der Waals surface area contributed by atoms with Crippen molar-refractivity contribution in [2.75, 3.05) is 50.9 Å². The van der Waals surface area contributed by atoms with Gasteiger partial charge in [-0.3, -0.25) is 14.5 Å². The van der Waals surface area contributed by atoms with Crippen molar-refractivity contribution < 1.29 is 23.5 Å². The van der Waals surface area contributed by atoms with E-state index in [4.69, 9.17) is 9.47 Å². The number of hydrogen-bond donors (Lipinski definition) is 0. The van der Waals surface area contributed by atoms with Gasteiger partial charge in [0.15, 0.2) is 0 Å². The molecule has 0 aromatic heterocycles. The van der Waals surface area contributed by atoms with Crippen LogP contribution in [-0.2, 0) is 22.5 Å². The molecule has 1 heterocycles. The topological polar surface area (TPSA) is 62.3 Å². The molecule has 1 saturated carbocycles. The van der Waals surface area contributed by atoms with Crippen LogP contribution in [0.25, 0.3) is 0 Å². The molecular formula is C42H48FN3O4. The van der Waals surface area contributed by atoms with Crippen molar-refractivity contribution in [1.82, 2.24) is 9.80 Å². The predicted octanol–water partition coefficient (Wildman–Crippen LogP) is 7.40. The standard InChI is InChI=1S/C42H48FN3O4/c43-37-20-18-36(19-21-37)42(48)46(39-15-8-16-40(30-39)50-28-25-44-23-26-49-27-24-44)32-35-13-7-14-38(29-35)45(31-34-11-5-2-6-12-34)41(47)22-17-33-9-3-1-4-10-33/h1-6,8-12,15-16,18-21,30,35,38H,7,13-14,17,22-29,31-32H2. The number of anilines is 1. The summed E-state index contributed by atoms with van der Waals surface area (Å²) in [5.41, 5.74) is 3.44. The van der Waals surface area contributed by atoms with Gasteiger partial charge in [-0.1, -0.05) is 73.2 Å². The van der Waals surface area contributed by atoms with Crippen molar-refractivity contribution in [2.24, 2.45) is 5.92 Å². The van der Waals surface area contributed by atoms with Crippen molar-refractivity contribution in [3.63, 3.8) is 0 Å². The molecule has 262 valence electrons. The molecule has 2 fully saturated rings. The van der Waals surface area contributed by atoms with Crippen LogP contribution in [0, 0.1) is 11.7 Å². The fourth-order valence-corrected chi connectivity index (χ4v) is 7.12. The Morgan fingerprint density at radius 2 is 1.56 bits per heavy atom. The Balaban J connectivity index is 1.19. The fourth-order valence-electron chi connectivity index (χ4n) is 7.12. The average molecular weight is 678 g/mol. The lowest BCUT2D eigenvalue weighted by Gasteiger charge is -2.39. The molecule has 1 aliphatic carbocycles. The number of nitrogens with zero attached hydrogens (tertiary/aromatic N) is 3. The number of morpholine rings is 1. The SMILES string of the molecule is O=C(c1ccc(F)cc1)N(CC1CCCC(N(Cc2ccccc2)C(=O)CCc2ccccc2)C1)c1cccc(OCCN2CCOCC2)c1. The molecular weight excluding hydrogens is 629 g/mol. The molecule has 4 aromatic rings. The van der Waals surface area contributed by atoms with Gasteiger partial charge in [-0.25, -0.2) is 4.39 Å². The molecule has 1 aliphatic heterocycles. The van der Waals surface area contributed by atoms with E-state index in [1.54, 1.807) is 12.1 Å². The largest absolute Gasteiger partial charge is 0.492 e. The maximum Gasteiger partial charge on any atom is 0.258 e. The normalized spacial score (nSPS) is 17.9. The third-order valence-corrected chi connectivity index (χ3v) is 9.87. The summed E-state index contributed by atoms with van der Waals surface area (Å²) in [5, 5.41) is 0. The molecule has 8 heteroatoms. The van der Waals surface area contributed by atoms with E-state index < -0.39 is 0 Å². The molecule has 2 aliphatic rings. The maximum atomic E-state index is 14.1. The van der Waals surface area contributed by atoms with Gasteiger partial charge in [-0.2, -0.15) is 0 Å². The van der Waals surface area contributed by atoms with E-state index in [-0.39, 0.29) is 29.6 Å². The summed E-state index contributed by atoms with van der Waals surface area (Å²) in [6, 6.07) is 33.9. The van der Waals surface area contributed by atoms with E-state index in [9.17, 15) is 14.0 Å². The third-order valence-electron chi connectivity index (χ3n) is 9.87.